The van der Waals surface area contributed by atoms with Crippen LogP contribution in [-0.4, -0.2) is 24.1 Å². The van der Waals surface area contributed by atoms with Crippen molar-refractivity contribution >= 4 is 15.9 Å². The maximum atomic E-state index is 12.2. The molecule has 0 saturated heterocycles. The number of carbonyl (C=O) groups is 1. The molecular weight excluding hydrogens is 318 g/mol. The molecule has 1 aromatic carbocycles. The molecule has 0 atom stereocenters. The van der Waals surface area contributed by atoms with Gasteiger partial charge in [0.25, 0.3) is 15.9 Å². The zero-order valence-electron chi connectivity index (χ0n) is 11.9. The lowest BCUT2D eigenvalue weighted by atomic mass is 10.2. The Balaban J connectivity index is 1.75. The lowest BCUT2D eigenvalue weighted by Gasteiger charge is -2.03. The van der Waals surface area contributed by atoms with Crippen molar-refractivity contribution in [2.24, 2.45) is 0 Å². The van der Waals surface area contributed by atoms with Gasteiger partial charge in [0.2, 0.25) is 0 Å². The van der Waals surface area contributed by atoms with Gasteiger partial charge >= 0.3 is 0 Å². The highest BCUT2D eigenvalue weighted by atomic mass is 32.2. The van der Waals surface area contributed by atoms with Crippen molar-refractivity contribution in [2.75, 3.05) is 0 Å². The van der Waals surface area contributed by atoms with Gasteiger partial charge in [-0.15, -0.1) is 0 Å². The second-order valence-corrected chi connectivity index (χ2v) is 6.49. The molecule has 7 nitrogen and oxygen atoms in total. The Morgan fingerprint density at radius 3 is 2.70 bits per heavy atom. The largest absolute Gasteiger partial charge is 0.472 e. The minimum Gasteiger partial charge on any atom is -0.472 e. The number of aromatic nitrogens is 2. The van der Waals surface area contributed by atoms with Crippen molar-refractivity contribution in [3.63, 3.8) is 0 Å². The number of benzene rings is 1. The predicted octanol–water partition coefficient (Wildman–Crippen LogP) is 1.64. The van der Waals surface area contributed by atoms with E-state index >= 15 is 0 Å². The van der Waals surface area contributed by atoms with Crippen LogP contribution in [0.1, 0.15) is 15.9 Å². The molecule has 0 aliphatic rings. The summed E-state index contributed by atoms with van der Waals surface area (Å²) >= 11 is 0. The molecule has 3 rings (SSSR count). The Hall–Kier alpha value is -2.87. The third-order valence-electron chi connectivity index (χ3n) is 3.12. The minimum absolute atomic E-state index is 0.0784. The van der Waals surface area contributed by atoms with Crippen molar-refractivity contribution in [2.45, 2.75) is 11.4 Å². The second-order valence-electron chi connectivity index (χ2n) is 4.81. The van der Waals surface area contributed by atoms with Gasteiger partial charge in [0.05, 0.1) is 24.6 Å². The van der Waals surface area contributed by atoms with Crippen LogP contribution in [0.4, 0.5) is 0 Å². The molecule has 0 fully saturated rings. The number of hydrogen-bond donors (Lipinski definition) is 1. The Kier molecular flexibility index (Phi) is 3.98. The average Bonchev–Trinajstić information content (AvgIpc) is 3.19. The summed E-state index contributed by atoms with van der Waals surface area (Å²) in [5, 5.41) is 4.02. The van der Waals surface area contributed by atoms with Crippen molar-refractivity contribution in [1.29, 1.82) is 0 Å². The third kappa shape index (κ3) is 3.49. The summed E-state index contributed by atoms with van der Waals surface area (Å²) < 4.78 is 32.6. The van der Waals surface area contributed by atoms with E-state index in [1.165, 1.54) is 35.7 Å². The first-order valence-electron chi connectivity index (χ1n) is 6.70. The molecule has 0 radical (unpaired) electrons. The molecule has 23 heavy (non-hydrogen) atoms. The highest BCUT2D eigenvalue weighted by Crippen LogP contribution is 2.10. The zero-order valence-corrected chi connectivity index (χ0v) is 12.7. The normalized spacial score (nSPS) is 11.3. The van der Waals surface area contributed by atoms with Gasteiger partial charge in [-0.3, -0.25) is 9.48 Å². The van der Waals surface area contributed by atoms with Crippen LogP contribution in [0.5, 0.6) is 0 Å². The van der Waals surface area contributed by atoms with Crippen LogP contribution in [-0.2, 0) is 16.6 Å². The van der Waals surface area contributed by atoms with E-state index in [0.29, 0.717) is 6.54 Å². The zero-order chi connectivity index (χ0) is 16.3. The van der Waals surface area contributed by atoms with Gasteiger partial charge in [0.1, 0.15) is 11.2 Å². The van der Waals surface area contributed by atoms with Gasteiger partial charge < -0.3 is 4.42 Å². The van der Waals surface area contributed by atoms with Crippen LogP contribution in [0.25, 0.3) is 0 Å². The number of nitrogens with zero attached hydrogens (tertiary/aromatic N) is 2. The van der Waals surface area contributed by atoms with Crippen LogP contribution in [0.3, 0.4) is 0 Å². The van der Waals surface area contributed by atoms with Crippen molar-refractivity contribution in [3.8, 4) is 0 Å². The lowest BCUT2D eigenvalue weighted by Crippen LogP contribution is -2.30. The molecule has 8 heteroatoms. The summed E-state index contributed by atoms with van der Waals surface area (Å²) in [7, 11) is -3.98. The van der Waals surface area contributed by atoms with E-state index in [1.807, 2.05) is 35.1 Å². The van der Waals surface area contributed by atoms with Gasteiger partial charge in [-0.05, 0) is 11.6 Å². The van der Waals surface area contributed by atoms with Crippen LogP contribution in [0.15, 0.2) is 70.6 Å². The topological polar surface area (TPSA) is 94.2 Å². The summed E-state index contributed by atoms with van der Waals surface area (Å²) in [4.78, 5) is 11.7. The second kappa shape index (κ2) is 6.09. The quantitative estimate of drug-likeness (QED) is 0.767. The van der Waals surface area contributed by atoms with E-state index in [1.54, 1.807) is 0 Å². The van der Waals surface area contributed by atoms with E-state index in [4.69, 9.17) is 4.42 Å². The minimum atomic E-state index is -3.98. The number of nitrogens with one attached hydrogen (secondary N) is 1. The Morgan fingerprint density at radius 2 is 2.00 bits per heavy atom. The number of sulfonamides is 1. The van der Waals surface area contributed by atoms with Gasteiger partial charge in [0, 0.05) is 6.20 Å². The molecule has 3 aromatic rings. The lowest BCUT2D eigenvalue weighted by molar-refractivity contribution is 0.0981. The first kappa shape index (κ1) is 15.0. The van der Waals surface area contributed by atoms with Crippen molar-refractivity contribution in [1.82, 2.24) is 14.5 Å². The third-order valence-corrected chi connectivity index (χ3v) is 4.40. The number of furan rings is 1. The maximum Gasteiger partial charge on any atom is 0.268 e. The maximum absolute atomic E-state index is 12.2. The molecule has 1 N–H and O–H groups in total. The summed E-state index contributed by atoms with van der Waals surface area (Å²) in [6, 6.07) is 10.9. The fourth-order valence-electron chi connectivity index (χ4n) is 1.97. The van der Waals surface area contributed by atoms with Crippen molar-refractivity contribution < 1.29 is 17.6 Å². The molecule has 0 bridgehead atoms. The van der Waals surface area contributed by atoms with Gasteiger partial charge in [-0.2, -0.15) is 5.10 Å². The molecule has 0 aliphatic carbocycles. The van der Waals surface area contributed by atoms with E-state index in [-0.39, 0.29) is 10.5 Å². The van der Waals surface area contributed by atoms with Gasteiger partial charge in [0.15, 0.2) is 0 Å². The molecule has 1 amide bonds. The fraction of sp³-hybridized carbons (Fsp3) is 0.0667. The monoisotopic (exact) mass is 331 g/mol. The Morgan fingerprint density at radius 1 is 1.22 bits per heavy atom. The smallest absolute Gasteiger partial charge is 0.268 e. The number of amides is 1. The summed E-state index contributed by atoms with van der Waals surface area (Å²) in [6.45, 7) is 0.437. The molecule has 0 saturated carbocycles. The first-order chi connectivity index (χ1) is 11.0. The van der Waals surface area contributed by atoms with E-state index < -0.39 is 15.9 Å². The van der Waals surface area contributed by atoms with E-state index in [2.05, 4.69) is 5.10 Å². The summed E-state index contributed by atoms with van der Waals surface area (Å²) in [5.41, 5.74) is 1.12. The fourth-order valence-corrected chi connectivity index (χ4v) is 2.90. The van der Waals surface area contributed by atoms with Crippen LogP contribution in [0.2, 0.25) is 0 Å². The Labute approximate surface area is 132 Å². The van der Waals surface area contributed by atoms with E-state index in [9.17, 15) is 13.2 Å². The predicted molar refractivity (Wildman–Crippen MR) is 81.1 cm³/mol. The molecule has 0 unspecified atom stereocenters. The highest BCUT2D eigenvalue weighted by molar-refractivity contribution is 7.90. The molecule has 0 aliphatic heterocycles. The SMILES string of the molecule is O=C(NS(=O)(=O)c1cnn(Cc2ccccc2)c1)c1ccoc1. The number of carbonyl (C=O) groups excluding carboxylic acids is 1. The van der Waals surface area contributed by atoms with Gasteiger partial charge in [-0.25, -0.2) is 13.1 Å². The van der Waals surface area contributed by atoms with Gasteiger partial charge in [-0.1, -0.05) is 30.3 Å². The van der Waals surface area contributed by atoms with Crippen LogP contribution >= 0.6 is 0 Å². The molecular formula is C15H13N3O4S. The number of rotatable bonds is 5. The average molecular weight is 331 g/mol. The molecule has 0 spiro atoms. The van der Waals surface area contributed by atoms with E-state index in [0.717, 1.165) is 5.56 Å². The standard InChI is InChI=1S/C15H13N3O4S/c19-15(13-6-7-22-11-13)17-23(20,21)14-8-16-18(10-14)9-12-4-2-1-3-5-12/h1-8,10-11H,9H2,(H,17,19). The highest BCUT2D eigenvalue weighted by Gasteiger charge is 2.21. The van der Waals surface area contributed by atoms with Crippen molar-refractivity contribution in [3.05, 3.63) is 72.4 Å². The molecule has 118 valence electrons. The van der Waals surface area contributed by atoms with Crippen LogP contribution < -0.4 is 4.72 Å². The van der Waals surface area contributed by atoms with Crippen LogP contribution in [0, 0.1) is 0 Å². The first-order valence-corrected chi connectivity index (χ1v) is 8.19. The summed E-state index contributed by atoms with van der Waals surface area (Å²) in [5.74, 6) is -0.755. The number of hydrogen-bond acceptors (Lipinski definition) is 5. The molecule has 2 aromatic heterocycles. The Bertz CT molecular complexity index is 899. The molecule has 2 heterocycles. The summed E-state index contributed by atoms with van der Waals surface area (Å²) in [6.07, 6.45) is 5.04.